The summed E-state index contributed by atoms with van der Waals surface area (Å²) in [6, 6.07) is 14.4. The van der Waals surface area contributed by atoms with Crippen molar-refractivity contribution < 1.29 is 9.72 Å². The number of fused-ring (bicyclic) bond motifs is 4. The van der Waals surface area contributed by atoms with Crippen LogP contribution in [0.3, 0.4) is 0 Å². The lowest BCUT2D eigenvalue weighted by molar-refractivity contribution is -0.534. The Kier molecular flexibility index (Phi) is 3.43. The van der Waals surface area contributed by atoms with E-state index in [1.807, 2.05) is 55.5 Å². The quantitative estimate of drug-likeness (QED) is 0.657. The molecular weight excluding hydrogens is 342 g/mol. The first kappa shape index (κ1) is 16.4. The van der Waals surface area contributed by atoms with Gasteiger partial charge in [-0.2, -0.15) is 0 Å². The Morgan fingerprint density at radius 3 is 2.67 bits per heavy atom. The van der Waals surface area contributed by atoms with Gasteiger partial charge in [0.05, 0.1) is 5.92 Å². The molecule has 2 saturated heterocycles. The topological polar surface area (TPSA) is 75.5 Å². The Labute approximate surface area is 157 Å². The van der Waals surface area contributed by atoms with E-state index < -0.39 is 11.6 Å². The third-order valence-electron chi connectivity index (χ3n) is 6.56. The zero-order valence-corrected chi connectivity index (χ0v) is 15.1. The molecule has 1 amide bonds. The molecule has 6 nitrogen and oxygen atoms in total. The van der Waals surface area contributed by atoms with Crippen LogP contribution in [0.4, 0.5) is 5.69 Å². The van der Waals surface area contributed by atoms with E-state index in [2.05, 4.69) is 10.2 Å². The maximum Gasteiger partial charge on any atom is 0.256 e. The molecule has 0 radical (unpaired) electrons. The van der Waals surface area contributed by atoms with Crippen molar-refractivity contribution in [3.63, 3.8) is 0 Å². The molecular formula is C21H21N3O3. The van der Waals surface area contributed by atoms with Gasteiger partial charge in [0, 0.05) is 28.8 Å². The van der Waals surface area contributed by atoms with Crippen LogP contribution in [0.1, 0.15) is 35.4 Å². The summed E-state index contributed by atoms with van der Waals surface area (Å²) in [7, 11) is 0. The lowest BCUT2D eigenvalue weighted by Gasteiger charge is -2.32. The van der Waals surface area contributed by atoms with E-state index >= 15 is 0 Å². The molecule has 3 heterocycles. The predicted octanol–water partition coefficient (Wildman–Crippen LogP) is 3.05. The first-order valence-corrected chi connectivity index (χ1v) is 9.43. The molecule has 138 valence electrons. The van der Waals surface area contributed by atoms with Crippen molar-refractivity contribution in [2.75, 3.05) is 11.9 Å². The zero-order chi connectivity index (χ0) is 18.8. The van der Waals surface area contributed by atoms with Crippen LogP contribution < -0.4 is 5.32 Å². The predicted molar refractivity (Wildman–Crippen MR) is 101 cm³/mol. The summed E-state index contributed by atoms with van der Waals surface area (Å²) in [6.07, 6.45) is 1.83. The minimum atomic E-state index is -1.23. The Balaban J connectivity index is 1.76. The SMILES string of the molecule is Cc1ccc([C@H]2[C@H]([N+](=O)[O-])[C@@]3(C(=O)Nc4ccccc43)N3CCC[C@@H]23)cc1. The third kappa shape index (κ3) is 2.02. The van der Waals surface area contributed by atoms with Gasteiger partial charge in [-0.05, 0) is 31.4 Å². The van der Waals surface area contributed by atoms with Gasteiger partial charge in [0.15, 0.2) is 5.54 Å². The number of nitrogens with zero attached hydrogens (tertiary/aromatic N) is 2. The fraction of sp³-hybridized carbons (Fsp3) is 0.381. The number of rotatable bonds is 2. The molecule has 1 spiro atoms. The summed E-state index contributed by atoms with van der Waals surface area (Å²) in [4.78, 5) is 27.6. The van der Waals surface area contributed by atoms with Crippen molar-refractivity contribution in [1.29, 1.82) is 0 Å². The normalized spacial score (nSPS) is 31.7. The number of anilines is 1. The zero-order valence-electron chi connectivity index (χ0n) is 15.1. The third-order valence-corrected chi connectivity index (χ3v) is 6.56. The van der Waals surface area contributed by atoms with E-state index in [0.29, 0.717) is 12.2 Å². The molecule has 0 aromatic heterocycles. The molecule has 2 aromatic carbocycles. The highest BCUT2D eigenvalue weighted by Gasteiger charge is 2.73. The van der Waals surface area contributed by atoms with Crippen LogP contribution in [0, 0.1) is 17.0 Å². The van der Waals surface area contributed by atoms with Crippen molar-refractivity contribution in [2.45, 2.75) is 43.3 Å². The second kappa shape index (κ2) is 5.63. The van der Waals surface area contributed by atoms with E-state index in [1.54, 1.807) is 0 Å². The highest BCUT2D eigenvalue weighted by atomic mass is 16.6. The van der Waals surface area contributed by atoms with Crippen molar-refractivity contribution in [3.05, 3.63) is 75.3 Å². The molecule has 0 aliphatic carbocycles. The fourth-order valence-corrected chi connectivity index (χ4v) is 5.56. The number of hydrogen-bond acceptors (Lipinski definition) is 4. The van der Waals surface area contributed by atoms with Crippen molar-refractivity contribution in [1.82, 2.24) is 4.90 Å². The minimum absolute atomic E-state index is 0.0000113. The molecule has 0 unspecified atom stereocenters. The smallest absolute Gasteiger partial charge is 0.256 e. The van der Waals surface area contributed by atoms with Gasteiger partial charge in [0.1, 0.15) is 0 Å². The Morgan fingerprint density at radius 2 is 1.93 bits per heavy atom. The highest BCUT2D eigenvalue weighted by Crippen LogP contribution is 2.57. The maximum atomic E-state index is 13.3. The van der Waals surface area contributed by atoms with Crippen LogP contribution in [-0.2, 0) is 10.3 Å². The van der Waals surface area contributed by atoms with E-state index in [1.165, 1.54) is 0 Å². The molecule has 0 bridgehead atoms. The van der Waals surface area contributed by atoms with Gasteiger partial charge in [-0.15, -0.1) is 0 Å². The Bertz CT molecular complexity index is 942. The van der Waals surface area contributed by atoms with Crippen molar-refractivity contribution in [2.24, 2.45) is 0 Å². The number of carbonyl (C=O) groups is 1. The van der Waals surface area contributed by atoms with E-state index in [0.717, 1.165) is 29.5 Å². The standard InChI is InChI=1S/C21H21N3O3/c1-13-8-10-14(11-9-13)18-17-7-4-12-23(17)21(19(18)24(26)27)15-5-2-3-6-16(15)22-20(21)25/h2-3,5-6,8-11,17-19H,4,7,12H2,1H3,(H,22,25)/t17-,18+,19-,21-/m0/s1. The summed E-state index contributed by atoms with van der Waals surface area (Å²) in [5, 5.41) is 15.3. The van der Waals surface area contributed by atoms with E-state index in [9.17, 15) is 14.9 Å². The van der Waals surface area contributed by atoms with E-state index in [-0.39, 0.29) is 22.8 Å². The number of carbonyl (C=O) groups excluding carboxylic acids is 1. The van der Waals surface area contributed by atoms with Crippen LogP contribution in [0.15, 0.2) is 48.5 Å². The van der Waals surface area contributed by atoms with Crippen LogP contribution in [0.2, 0.25) is 0 Å². The fourth-order valence-electron chi connectivity index (χ4n) is 5.56. The van der Waals surface area contributed by atoms with Crippen LogP contribution in [-0.4, -0.2) is 34.4 Å². The molecule has 3 aliphatic heterocycles. The van der Waals surface area contributed by atoms with Gasteiger partial charge >= 0.3 is 0 Å². The molecule has 3 aliphatic rings. The van der Waals surface area contributed by atoms with Crippen molar-refractivity contribution in [3.8, 4) is 0 Å². The molecule has 2 aromatic rings. The molecule has 1 N–H and O–H groups in total. The summed E-state index contributed by atoms with van der Waals surface area (Å²) in [5.74, 6) is -0.563. The number of nitrogens with one attached hydrogen (secondary N) is 1. The monoisotopic (exact) mass is 363 g/mol. The van der Waals surface area contributed by atoms with Gasteiger partial charge < -0.3 is 5.32 Å². The number of para-hydroxylation sites is 1. The van der Waals surface area contributed by atoms with E-state index in [4.69, 9.17) is 0 Å². The first-order chi connectivity index (χ1) is 13.0. The average molecular weight is 363 g/mol. The summed E-state index contributed by atoms with van der Waals surface area (Å²) in [5.41, 5.74) is 2.30. The lowest BCUT2D eigenvalue weighted by atomic mass is 9.77. The molecule has 27 heavy (non-hydrogen) atoms. The largest absolute Gasteiger partial charge is 0.324 e. The molecule has 2 fully saturated rings. The summed E-state index contributed by atoms with van der Waals surface area (Å²) < 4.78 is 0. The van der Waals surface area contributed by atoms with Crippen LogP contribution in [0.25, 0.3) is 0 Å². The number of aryl methyl sites for hydroxylation is 1. The summed E-state index contributed by atoms with van der Waals surface area (Å²) >= 11 is 0. The second-order valence-corrected chi connectivity index (χ2v) is 7.84. The maximum absolute atomic E-state index is 13.3. The molecule has 6 heteroatoms. The first-order valence-electron chi connectivity index (χ1n) is 9.43. The second-order valence-electron chi connectivity index (χ2n) is 7.84. The van der Waals surface area contributed by atoms with Crippen molar-refractivity contribution >= 4 is 11.6 Å². The summed E-state index contributed by atoms with van der Waals surface area (Å²) in [6.45, 7) is 2.71. The van der Waals surface area contributed by atoms with Gasteiger partial charge in [-0.1, -0.05) is 48.0 Å². The number of amides is 1. The highest BCUT2D eigenvalue weighted by molar-refractivity contribution is 6.07. The van der Waals surface area contributed by atoms with Gasteiger partial charge in [0.25, 0.3) is 11.9 Å². The lowest BCUT2D eigenvalue weighted by Crippen LogP contribution is -2.55. The van der Waals surface area contributed by atoms with Gasteiger partial charge in [-0.3, -0.25) is 19.8 Å². The van der Waals surface area contributed by atoms with Gasteiger partial charge in [-0.25, -0.2) is 0 Å². The van der Waals surface area contributed by atoms with Gasteiger partial charge in [0.2, 0.25) is 0 Å². The molecule has 0 saturated carbocycles. The molecule has 5 rings (SSSR count). The Morgan fingerprint density at radius 1 is 1.19 bits per heavy atom. The van der Waals surface area contributed by atoms with Crippen LogP contribution >= 0.6 is 0 Å². The average Bonchev–Trinajstić information content (AvgIpc) is 3.30. The molecule has 4 atom stereocenters. The number of nitro groups is 1. The number of hydrogen-bond donors (Lipinski definition) is 1. The van der Waals surface area contributed by atoms with Crippen LogP contribution in [0.5, 0.6) is 0 Å². The minimum Gasteiger partial charge on any atom is -0.324 e. The Hall–Kier alpha value is -2.73. The number of benzene rings is 2.